The fourth-order valence-corrected chi connectivity index (χ4v) is 2.93. The third-order valence-corrected chi connectivity index (χ3v) is 4.33. The molecule has 26 heavy (non-hydrogen) atoms. The molecule has 3 heterocycles. The van der Waals surface area contributed by atoms with Crippen LogP contribution in [0.2, 0.25) is 0 Å². The number of aromatic nitrogens is 2. The number of pyridine rings is 2. The van der Waals surface area contributed by atoms with Gasteiger partial charge in [0.1, 0.15) is 11.6 Å². The van der Waals surface area contributed by atoms with Crippen LogP contribution in [0.4, 0.5) is 11.6 Å². The molecular weight excluding hydrogens is 330 g/mol. The molecule has 1 N–H and O–H groups in total. The lowest BCUT2D eigenvalue weighted by molar-refractivity contribution is -0.131. The number of amides is 2. The van der Waals surface area contributed by atoms with Gasteiger partial charge in [0.25, 0.3) is 0 Å². The van der Waals surface area contributed by atoms with Gasteiger partial charge in [-0.15, -0.1) is 0 Å². The average molecular weight is 353 g/mol. The van der Waals surface area contributed by atoms with Crippen LogP contribution in [-0.4, -0.2) is 52.9 Å². The molecule has 0 aliphatic carbocycles. The van der Waals surface area contributed by atoms with Gasteiger partial charge in [-0.3, -0.25) is 9.59 Å². The van der Waals surface area contributed by atoms with E-state index in [-0.39, 0.29) is 11.8 Å². The van der Waals surface area contributed by atoms with E-state index in [0.29, 0.717) is 38.2 Å². The molecule has 1 aliphatic rings. The van der Waals surface area contributed by atoms with Crippen LogP contribution in [0.15, 0.2) is 48.8 Å². The predicted molar refractivity (Wildman–Crippen MR) is 99.7 cm³/mol. The first-order chi connectivity index (χ1) is 12.7. The Morgan fingerprint density at radius 3 is 2.31 bits per heavy atom. The summed E-state index contributed by atoms with van der Waals surface area (Å²) in [7, 11) is 0. The molecule has 0 spiro atoms. The van der Waals surface area contributed by atoms with E-state index in [0.717, 1.165) is 18.9 Å². The minimum Gasteiger partial charge on any atom is -0.353 e. The van der Waals surface area contributed by atoms with Gasteiger partial charge < -0.3 is 15.1 Å². The van der Waals surface area contributed by atoms with Crippen LogP contribution in [0, 0.1) is 0 Å². The Bertz CT molecular complexity index is 715. The molecular formula is C19H23N5O2. The molecule has 1 saturated heterocycles. The van der Waals surface area contributed by atoms with Gasteiger partial charge in [0.05, 0.1) is 0 Å². The monoisotopic (exact) mass is 353 g/mol. The summed E-state index contributed by atoms with van der Waals surface area (Å²) < 4.78 is 0. The van der Waals surface area contributed by atoms with E-state index in [1.54, 1.807) is 24.5 Å². The van der Waals surface area contributed by atoms with Crippen LogP contribution in [0.5, 0.6) is 0 Å². The van der Waals surface area contributed by atoms with E-state index in [4.69, 9.17) is 0 Å². The van der Waals surface area contributed by atoms with Crippen molar-refractivity contribution in [3.63, 3.8) is 0 Å². The lowest BCUT2D eigenvalue weighted by Gasteiger charge is -2.35. The van der Waals surface area contributed by atoms with Crippen LogP contribution >= 0.6 is 0 Å². The van der Waals surface area contributed by atoms with Crippen molar-refractivity contribution in [3.8, 4) is 0 Å². The maximum absolute atomic E-state index is 12.3. The number of carbonyl (C=O) groups is 2. The van der Waals surface area contributed by atoms with Crippen LogP contribution in [0.1, 0.15) is 19.3 Å². The number of nitrogens with one attached hydrogen (secondary N) is 1. The van der Waals surface area contributed by atoms with Gasteiger partial charge in [0.2, 0.25) is 11.8 Å². The van der Waals surface area contributed by atoms with Gasteiger partial charge in [0, 0.05) is 51.4 Å². The summed E-state index contributed by atoms with van der Waals surface area (Å²) in [4.78, 5) is 36.7. The van der Waals surface area contributed by atoms with E-state index >= 15 is 0 Å². The lowest BCUT2D eigenvalue weighted by Crippen LogP contribution is -2.49. The van der Waals surface area contributed by atoms with Crippen molar-refractivity contribution in [2.45, 2.75) is 19.3 Å². The second-order valence-electron chi connectivity index (χ2n) is 6.17. The fourth-order valence-electron chi connectivity index (χ4n) is 2.93. The standard InChI is InChI=1S/C19H23N5O2/c25-18(22-16-6-1-3-10-20-16)8-5-9-19(26)24-14-12-23(13-15-24)17-7-2-4-11-21-17/h1-4,6-7,10-11H,5,8-9,12-15H2,(H,20,22,25). The summed E-state index contributed by atoms with van der Waals surface area (Å²) in [5.74, 6) is 1.48. The highest BCUT2D eigenvalue weighted by Crippen LogP contribution is 2.13. The first-order valence-electron chi connectivity index (χ1n) is 8.87. The molecule has 0 aromatic carbocycles. The Hall–Kier alpha value is -2.96. The number of anilines is 2. The molecule has 7 heteroatoms. The van der Waals surface area contributed by atoms with Crippen LogP contribution in [0.3, 0.4) is 0 Å². The molecule has 136 valence electrons. The Morgan fingerprint density at radius 2 is 1.65 bits per heavy atom. The van der Waals surface area contributed by atoms with Crippen molar-refractivity contribution in [1.82, 2.24) is 14.9 Å². The normalized spacial score (nSPS) is 14.2. The fraction of sp³-hybridized carbons (Fsp3) is 0.368. The summed E-state index contributed by atoms with van der Waals surface area (Å²) in [5, 5.41) is 2.73. The van der Waals surface area contributed by atoms with Gasteiger partial charge in [-0.2, -0.15) is 0 Å². The number of piperazine rings is 1. The molecule has 0 bridgehead atoms. The smallest absolute Gasteiger partial charge is 0.225 e. The van der Waals surface area contributed by atoms with Crippen LogP contribution in [0.25, 0.3) is 0 Å². The number of hydrogen-bond donors (Lipinski definition) is 1. The first kappa shape index (κ1) is 17.8. The highest BCUT2D eigenvalue weighted by molar-refractivity contribution is 5.90. The Labute approximate surface area is 153 Å². The number of carbonyl (C=O) groups excluding carboxylic acids is 2. The van der Waals surface area contributed by atoms with E-state index < -0.39 is 0 Å². The maximum Gasteiger partial charge on any atom is 0.225 e. The molecule has 0 radical (unpaired) electrons. The van der Waals surface area contributed by atoms with E-state index in [1.807, 2.05) is 29.2 Å². The van der Waals surface area contributed by atoms with Crippen molar-refractivity contribution < 1.29 is 9.59 Å². The number of hydrogen-bond acceptors (Lipinski definition) is 5. The second-order valence-corrected chi connectivity index (χ2v) is 6.17. The zero-order chi connectivity index (χ0) is 18.2. The van der Waals surface area contributed by atoms with Gasteiger partial charge in [-0.05, 0) is 30.7 Å². The third kappa shape index (κ3) is 5.02. The molecule has 3 rings (SSSR count). The molecule has 0 unspecified atom stereocenters. The SMILES string of the molecule is O=C(CCCC(=O)N1CCN(c2ccccn2)CC1)Nc1ccccn1. The Morgan fingerprint density at radius 1 is 0.923 bits per heavy atom. The minimum atomic E-state index is -0.114. The van der Waals surface area contributed by atoms with Crippen molar-refractivity contribution in [2.24, 2.45) is 0 Å². The zero-order valence-corrected chi connectivity index (χ0v) is 14.7. The third-order valence-electron chi connectivity index (χ3n) is 4.33. The largest absolute Gasteiger partial charge is 0.353 e. The van der Waals surface area contributed by atoms with E-state index in [9.17, 15) is 9.59 Å². The summed E-state index contributed by atoms with van der Waals surface area (Å²) in [6.45, 7) is 2.94. The number of nitrogens with zero attached hydrogens (tertiary/aromatic N) is 4. The van der Waals surface area contributed by atoms with Crippen LogP contribution in [-0.2, 0) is 9.59 Å². The minimum absolute atomic E-state index is 0.108. The Balaban J connectivity index is 1.36. The van der Waals surface area contributed by atoms with Gasteiger partial charge in [0.15, 0.2) is 0 Å². The molecule has 2 amide bonds. The van der Waals surface area contributed by atoms with Gasteiger partial charge in [-0.1, -0.05) is 12.1 Å². The van der Waals surface area contributed by atoms with Gasteiger partial charge >= 0.3 is 0 Å². The second kappa shape index (κ2) is 8.94. The number of rotatable bonds is 6. The highest BCUT2D eigenvalue weighted by Gasteiger charge is 2.21. The first-order valence-corrected chi connectivity index (χ1v) is 8.87. The van der Waals surface area contributed by atoms with Crippen LogP contribution < -0.4 is 10.2 Å². The highest BCUT2D eigenvalue weighted by atomic mass is 16.2. The van der Waals surface area contributed by atoms with Crippen molar-refractivity contribution in [1.29, 1.82) is 0 Å². The quantitative estimate of drug-likeness (QED) is 0.859. The maximum atomic E-state index is 12.3. The summed E-state index contributed by atoms with van der Waals surface area (Å²) in [5.41, 5.74) is 0. The van der Waals surface area contributed by atoms with Crippen molar-refractivity contribution >= 4 is 23.5 Å². The van der Waals surface area contributed by atoms with E-state index in [2.05, 4.69) is 20.2 Å². The average Bonchev–Trinajstić information content (AvgIpc) is 2.69. The molecule has 0 atom stereocenters. The lowest BCUT2D eigenvalue weighted by atomic mass is 10.2. The van der Waals surface area contributed by atoms with Crippen molar-refractivity contribution in [3.05, 3.63) is 48.8 Å². The van der Waals surface area contributed by atoms with Gasteiger partial charge in [-0.25, -0.2) is 9.97 Å². The predicted octanol–water partition coefficient (Wildman–Crippen LogP) is 1.93. The van der Waals surface area contributed by atoms with E-state index in [1.165, 1.54) is 0 Å². The molecule has 7 nitrogen and oxygen atoms in total. The molecule has 2 aromatic rings. The zero-order valence-electron chi connectivity index (χ0n) is 14.7. The molecule has 1 aliphatic heterocycles. The summed E-state index contributed by atoms with van der Waals surface area (Å²) in [6, 6.07) is 11.2. The summed E-state index contributed by atoms with van der Waals surface area (Å²) in [6.07, 6.45) is 4.65. The topological polar surface area (TPSA) is 78.4 Å². The Kier molecular flexibility index (Phi) is 6.14. The molecule has 2 aromatic heterocycles. The van der Waals surface area contributed by atoms with Crippen molar-refractivity contribution in [2.75, 3.05) is 36.4 Å². The molecule has 1 fully saturated rings. The molecule has 0 saturated carbocycles. The summed E-state index contributed by atoms with van der Waals surface area (Å²) >= 11 is 0.